The lowest BCUT2D eigenvalue weighted by Crippen LogP contribution is -2.54. The maximum atomic E-state index is 12.4. The van der Waals surface area contributed by atoms with Crippen LogP contribution in [0.1, 0.15) is 67.2 Å². The van der Waals surface area contributed by atoms with Gasteiger partial charge in [0.15, 0.2) is 0 Å². The first-order chi connectivity index (χ1) is 10.6. The van der Waals surface area contributed by atoms with Gasteiger partial charge >= 0.3 is 6.09 Å². The zero-order chi connectivity index (χ0) is 17.6. The molecule has 1 rings (SSSR count). The van der Waals surface area contributed by atoms with Crippen LogP contribution in [0.3, 0.4) is 0 Å². The van der Waals surface area contributed by atoms with Gasteiger partial charge in [-0.05, 0) is 39.5 Å². The number of hydrogen-bond acceptors (Lipinski definition) is 3. The molecule has 23 heavy (non-hydrogen) atoms. The van der Waals surface area contributed by atoms with Crippen LogP contribution in [0.2, 0.25) is 0 Å². The normalized spacial score (nSPS) is 22.1. The Morgan fingerprint density at radius 2 is 1.91 bits per heavy atom. The topological polar surface area (TPSA) is 58.6 Å². The lowest BCUT2D eigenvalue weighted by Gasteiger charge is -2.39. The average Bonchev–Trinajstić information content (AvgIpc) is 2.41. The van der Waals surface area contributed by atoms with Crippen molar-refractivity contribution in [3.8, 4) is 0 Å². The largest absolute Gasteiger partial charge is 0.444 e. The lowest BCUT2D eigenvalue weighted by molar-refractivity contribution is -0.137. The second-order valence-electron chi connectivity index (χ2n) is 7.99. The number of hydrogen-bond donors (Lipinski definition) is 1. The Bertz CT molecular complexity index is 402. The van der Waals surface area contributed by atoms with Gasteiger partial charge in [0.25, 0.3) is 0 Å². The molecule has 0 spiro atoms. The quantitative estimate of drug-likeness (QED) is 0.840. The summed E-state index contributed by atoms with van der Waals surface area (Å²) in [6, 6.07) is -0.0249. The van der Waals surface area contributed by atoms with Crippen molar-refractivity contribution in [2.45, 2.75) is 78.9 Å². The summed E-state index contributed by atoms with van der Waals surface area (Å²) in [6.07, 6.45) is 3.94. The van der Waals surface area contributed by atoms with Gasteiger partial charge in [0.05, 0.1) is 6.04 Å². The molecule has 1 saturated heterocycles. The number of likely N-dealkylation sites (tertiary alicyclic amines) is 1. The monoisotopic (exact) mass is 326 g/mol. The van der Waals surface area contributed by atoms with Gasteiger partial charge in [0, 0.05) is 19.0 Å². The highest BCUT2D eigenvalue weighted by Gasteiger charge is 2.32. The van der Waals surface area contributed by atoms with Crippen LogP contribution in [0, 0.1) is 11.8 Å². The van der Waals surface area contributed by atoms with Crippen LogP contribution in [0.25, 0.3) is 0 Å². The molecule has 5 heteroatoms. The zero-order valence-corrected chi connectivity index (χ0v) is 15.6. The van der Waals surface area contributed by atoms with Crippen molar-refractivity contribution in [1.29, 1.82) is 0 Å². The fourth-order valence-electron chi connectivity index (χ4n) is 3.03. The van der Waals surface area contributed by atoms with Crippen molar-refractivity contribution >= 4 is 12.0 Å². The van der Waals surface area contributed by atoms with Crippen LogP contribution >= 0.6 is 0 Å². The molecule has 2 unspecified atom stereocenters. The number of carbonyl (C=O) groups is 2. The van der Waals surface area contributed by atoms with Crippen LogP contribution in [-0.4, -0.2) is 41.6 Å². The fraction of sp³-hybridized carbons (Fsp3) is 0.889. The molecule has 1 N–H and O–H groups in total. The van der Waals surface area contributed by atoms with E-state index in [4.69, 9.17) is 4.74 Å². The van der Waals surface area contributed by atoms with E-state index in [1.807, 2.05) is 39.5 Å². The summed E-state index contributed by atoms with van der Waals surface area (Å²) in [4.78, 5) is 26.3. The van der Waals surface area contributed by atoms with E-state index >= 15 is 0 Å². The van der Waals surface area contributed by atoms with E-state index in [-0.39, 0.29) is 17.9 Å². The highest BCUT2D eigenvalue weighted by Crippen LogP contribution is 2.23. The third-order valence-electron chi connectivity index (χ3n) is 4.03. The van der Waals surface area contributed by atoms with Crippen molar-refractivity contribution in [1.82, 2.24) is 10.2 Å². The second kappa shape index (κ2) is 8.55. The van der Waals surface area contributed by atoms with E-state index < -0.39 is 11.7 Å². The Kier molecular flexibility index (Phi) is 7.36. The van der Waals surface area contributed by atoms with Crippen molar-refractivity contribution in [2.24, 2.45) is 11.8 Å². The molecule has 2 amide bonds. The van der Waals surface area contributed by atoms with Gasteiger partial charge in [0.2, 0.25) is 5.91 Å². The van der Waals surface area contributed by atoms with Gasteiger partial charge in [-0.3, -0.25) is 4.79 Å². The smallest absolute Gasteiger partial charge is 0.407 e. The Morgan fingerprint density at radius 1 is 1.26 bits per heavy atom. The third-order valence-corrected chi connectivity index (χ3v) is 4.03. The lowest BCUT2D eigenvalue weighted by atomic mass is 9.89. The number of rotatable bonds is 5. The molecule has 2 atom stereocenters. The highest BCUT2D eigenvalue weighted by molar-refractivity contribution is 5.78. The number of nitrogens with zero attached hydrogens (tertiary/aromatic N) is 1. The van der Waals surface area contributed by atoms with Crippen LogP contribution < -0.4 is 5.32 Å². The molecule has 0 aliphatic carbocycles. The number of unbranched alkanes of at least 4 members (excludes halogenated alkanes) is 1. The van der Waals surface area contributed by atoms with E-state index in [1.165, 1.54) is 0 Å². The van der Waals surface area contributed by atoms with Gasteiger partial charge in [-0.1, -0.05) is 33.6 Å². The minimum absolute atomic E-state index is 0.0119. The van der Waals surface area contributed by atoms with E-state index in [1.54, 1.807) is 0 Å². The summed E-state index contributed by atoms with van der Waals surface area (Å²) in [5, 5.41) is 2.95. The number of piperidine rings is 1. The first-order valence-corrected chi connectivity index (χ1v) is 8.90. The van der Waals surface area contributed by atoms with Gasteiger partial charge in [-0.15, -0.1) is 0 Å². The van der Waals surface area contributed by atoms with Crippen LogP contribution in [-0.2, 0) is 9.53 Å². The Hall–Kier alpha value is -1.26. The molecular formula is C18H34N2O3. The molecule has 134 valence electrons. The molecule has 0 radical (unpaired) electrons. The first kappa shape index (κ1) is 19.8. The van der Waals surface area contributed by atoms with Crippen molar-refractivity contribution < 1.29 is 14.3 Å². The molecule has 1 aliphatic heterocycles. The van der Waals surface area contributed by atoms with E-state index in [0.717, 1.165) is 32.2 Å². The summed E-state index contributed by atoms with van der Waals surface area (Å²) < 4.78 is 5.35. The van der Waals surface area contributed by atoms with Crippen molar-refractivity contribution in [2.75, 3.05) is 13.1 Å². The zero-order valence-electron chi connectivity index (χ0n) is 15.6. The van der Waals surface area contributed by atoms with Crippen LogP contribution in [0.4, 0.5) is 4.79 Å². The Balaban J connectivity index is 2.69. The predicted molar refractivity (Wildman–Crippen MR) is 92.2 cm³/mol. The van der Waals surface area contributed by atoms with Crippen molar-refractivity contribution in [3.63, 3.8) is 0 Å². The molecule has 0 saturated carbocycles. The molecule has 5 nitrogen and oxygen atoms in total. The minimum atomic E-state index is -0.506. The van der Waals surface area contributed by atoms with E-state index in [0.29, 0.717) is 12.5 Å². The Morgan fingerprint density at radius 3 is 2.43 bits per heavy atom. The fourth-order valence-corrected chi connectivity index (χ4v) is 3.03. The third kappa shape index (κ3) is 7.23. The maximum absolute atomic E-state index is 12.4. The molecule has 1 fully saturated rings. The number of alkyl carbamates (subject to hydrolysis) is 1. The number of carbonyl (C=O) groups excluding carboxylic acids is 2. The van der Waals surface area contributed by atoms with Crippen molar-refractivity contribution in [3.05, 3.63) is 0 Å². The molecule has 1 aliphatic rings. The summed E-state index contributed by atoms with van der Waals surface area (Å²) in [6.45, 7) is 13.0. The van der Waals surface area contributed by atoms with E-state index in [2.05, 4.69) is 12.2 Å². The SMILES string of the molecule is CCCCC1CC(NC(=O)OC(C)(C)C)CN(C(=O)C(C)C)C1. The molecule has 0 aromatic carbocycles. The molecule has 0 aromatic rings. The van der Waals surface area contributed by atoms with Gasteiger partial charge in [0.1, 0.15) is 5.60 Å². The van der Waals surface area contributed by atoms with Crippen LogP contribution in [0.15, 0.2) is 0 Å². The Labute approximate surface area is 141 Å². The van der Waals surface area contributed by atoms with E-state index in [9.17, 15) is 9.59 Å². The standard InChI is InChI=1S/C18H34N2O3/c1-7-8-9-14-10-15(19-17(22)23-18(4,5)6)12-20(11-14)16(21)13(2)3/h13-15H,7-12H2,1-6H3,(H,19,22). The minimum Gasteiger partial charge on any atom is -0.444 e. The summed E-state index contributed by atoms with van der Waals surface area (Å²) in [5.41, 5.74) is -0.506. The first-order valence-electron chi connectivity index (χ1n) is 8.90. The molecule has 0 bridgehead atoms. The van der Waals surface area contributed by atoms with Gasteiger partial charge in [-0.25, -0.2) is 4.79 Å². The number of ether oxygens (including phenoxy) is 1. The number of amides is 2. The summed E-state index contributed by atoms with van der Waals surface area (Å²) >= 11 is 0. The van der Waals surface area contributed by atoms with Gasteiger partial charge in [-0.2, -0.15) is 0 Å². The second-order valence-corrected chi connectivity index (χ2v) is 7.99. The summed E-state index contributed by atoms with van der Waals surface area (Å²) in [5.74, 6) is 0.607. The molecule has 1 heterocycles. The average molecular weight is 326 g/mol. The van der Waals surface area contributed by atoms with Crippen LogP contribution in [0.5, 0.6) is 0 Å². The summed E-state index contributed by atoms with van der Waals surface area (Å²) in [7, 11) is 0. The van der Waals surface area contributed by atoms with Gasteiger partial charge < -0.3 is 15.0 Å². The molecule has 0 aromatic heterocycles. The number of nitrogens with one attached hydrogen (secondary N) is 1. The molecular weight excluding hydrogens is 292 g/mol. The highest BCUT2D eigenvalue weighted by atomic mass is 16.6. The maximum Gasteiger partial charge on any atom is 0.407 e. The predicted octanol–water partition coefficient (Wildman–Crippen LogP) is 3.57.